The zero-order chi connectivity index (χ0) is 23.3. The van der Waals surface area contributed by atoms with Crippen molar-refractivity contribution in [3.8, 4) is 17.2 Å². The molecule has 2 aliphatic rings. The molecule has 3 atom stereocenters. The van der Waals surface area contributed by atoms with Crippen LogP contribution in [0.5, 0.6) is 5.75 Å². The van der Waals surface area contributed by atoms with Crippen LogP contribution in [0.2, 0.25) is 0 Å². The van der Waals surface area contributed by atoms with E-state index in [9.17, 15) is 23.1 Å². The van der Waals surface area contributed by atoms with E-state index >= 15 is 0 Å². The van der Waals surface area contributed by atoms with E-state index in [0.717, 1.165) is 23.3 Å². The van der Waals surface area contributed by atoms with Gasteiger partial charge in [0.15, 0.2) is 0 Å². The summed E-state index contributed by atoms with van der Waals surface area (Å²) < 4.78 is 50.4. The van der Waals surface area contributed by atoms with Gasteiger partial charge in [-0.1, -0.05) is 6.92 Å². The molecule has 1 amide bonds. The minimum atomic E-state index is -5.02. The maximum atomic E-state index is 13.1. The van der Waals surface area contributed by atoms with Crippen LogP contribution in [-0.4, -0.2) is 58.1 Å². The molecule has 2 heterocycles. The highest BCUT2D eigenvalue weighted by molar-refractivity contribution is 5.85. The number of aromatic nitrogens is 2. The van der Waals surface area contributed by atoms with Gasteiger partial charge in [0.2, 0.25) is 17.4 Å². The summed E-state index contributed by atoms with van der Waals surface area (Å²) in [5.41, 5.74) is -2.95. The van der Waals surface area contributed by atoms with Crippen molar-refractivity contribution in [3.63, 3.8) is 0 Å². The van der Waals surface area contributed by atoms with Crippen molar-refractivity contribution in [2.24, 2.45) is 11.8 Å². The molecule has 1 saturated carbocycles. The van der Waals surface area contributed by atoms with Gasteiger partial charge in [-0.3, -0.25) is 4.79 Å². The lowest BCUT2D eigenvalue weighted by Gasteiger charge is -2.42. The summed E-state index contributed by atoms with van der Waals surface area (Å²) in [5.74, 6) is 0.339. The molecule has 1 aromatic carbocycles. The number of alkyl halides is 3. The largest absolute Gasteiger partial charge is 0.497 e. The Balaban J connectivity index is 1.48. The maximum absolute atomic E-state index is 13.1. The first-order chi connectivity index (χ1) is 15.0. The summed E-state index contributed by atoms with van der Waals surface area (Å²) in [7, 11) is 1.58. The highest BCUT2D eigenvalue weighted by Gasteiger charge is 2.60. The van der Waals surface area contributed by atoms with E-state index < -0.39 is 17.7 Å². The summed E-state index contributed by atoms with van der Waals surface area (Å²) >= 11 is 0. The van der Waals surface area contributed by atoms with E-state index in [1.807, 2.05) is 19.1 Å². The van der Waals surface area contributed by atoms with Crippen molar-refractivity contribution in [1.29, 1.82) is 0 Å². The van der Waals surface area contributed by atoms with E-state index in [1.54, 1.807) is 19.2 Å². The zero-order valence-electron chi connectivity index (χ0n) is 18.1. The fourth-order valence-corrected chi connectivity index (χ4v) is 4.73. The van der Waals surface area contributed by atoms with Crippen molar-refractivity contribution in [1.82, 2.24) is 15.1 Å². The minimum absolute atomic E-state index is 0.0874. The van der Waals surface area contributed by atoms with Crippen LogP contribution in [0.4, 0.5) is 13.2 Å². The molecule has 1 aromatic heterocycles. The lowest BCUT2D eigenvalue weighted by atomic mass is 9.74. The summed E-state index contributed by atoms with van der Waals surface area (Å²) in [6.07, 6.45) is -2.83. The van der Waals surface area contributed by atoms with E-state index in [2.05, 4.69) is 10.2 Å². The van der Waals surface area contributed by atoms with Gasteiger partial charge in [0.1, 0.15) is 5.75 Å². The SMILES string of the molecule is COc1ccc(-c2nnc(C3(C4CCN(C(=O)C(C)(O)C(F)(F)F)C[C@H]4C)CC3)o2)cc1. The Hall–Kier alpha value is -2.62. The third kappa shape index (κ3) is 3.74. The lowest BCUT2D eigenvalue weighted by Crippen LogP contribution is -2.58. The fraction of sp³-hybridized carbons (Fsp3) is 0.591. The molecular weight excluding hydrogens is 427 g/mol. The first-order valence-electron chi connectivity index (χ1n) is 10.6. The highest BCUT2D eigenvalue weighted by atomic mass is 19.4. The molecular formula is C22H26F3N3O4. The Labute approximate surface area is 183 Å². The van der Waals surface area contributed by atoms with Gasteiger partial charge in [0.05, 0.1) is 12.5 Å². The molecule has 10 heteroatoms. The Bertz CT molecular complexity index is 983. The molecule has 1 saturated heterocycles. The van der Waals surface area contributed by atoms with Crippen molar-refractivity contribution in [2.75, 3.05) is 20.2 Å². The fourth-order valence-electron chi connectivity index (χ4n) is 4.73. The molecule has 0 bridgehead atoms. The summed E-state index contributed by atoms with van der Waals surface area (Å²) in [6.45, 7) is 2.69. The van der Waals surface area contributed by atoms with Gasteiger partial charge < -0.3 is 19.2 Å². The van der Waals surface area contributed by atoms with E-state index in [1.165, 1.54) is 0 Å². The molecule has 1 aliphatic heterocycles. The third-order valence-corrected chi connectivity index (χ3v) is 6.85. The molecule has 0 radical (unpaired) electrons. The Morgan fingerprint density at radius 3 is 2.44 bits per heavy atom. The Morgan fingerprint density at radius 1 is 1.25 bits per heavy atom. The second-order valence-electron chi connectivity index (χ2n) is 8.99. The average Bonchev–Trinajstić information content (AvgIpc) is 3.40. The summed E-state index contributed by atoms with van der Waals surface area (Å²) in [4.78, 5) is 13.5. The smallest absolute Gasteiger partial charge is 0.426 e. The van der Waals surface area contributed by atoms with E-state index in [4.69, 9.17) is 9.15 Å². The number of amides is 1. The predicted octanol–water partition coefficient (Wildman–Crippen LogP) is 3.57. The number of nitrogens with zero attached hydrogens (tertiary/aromatic N) is 3. The number of carbonyl (C=O) groups excluding carboxylic acids is 1. The monoisotopic (exact) mass is 453 g/mol. The van der Waals surface area contributed by atoms with Gasteiger partial charge in [0, 0.05) is 18.7 Å². The summed E-state index contributed by atoms with van der Waals surface area (Å²) in [5, 5.41) is 18.2. The van der Waals surface area contributed by atoms with E-state index in [0.29, 0.717) is 30.9 Å². The molecule has 32 heavy (non-hydrogen) atoms. The van der Waals surface area contributed by atoms with E-state index in [-0.39, 0.29) is 30.3 Å². The molecule has 4 rings (SSSR count). The third-order valence-electron chi connectivity index (χ3n) is 6.85. The van der Waals surface area contributed by atoms with Crippen molar-refractivity contribution < 1.29 is 32.2 Å². The number of rotatable bonds is 5. The minimum Gasteiger partial charge on any atom is -0.497 e. The second-order valence-corrected chi connectivity index (χ2v) is 8.99. The molecule has 2 fully saturated rings. The number of hydrogen-bond donors (Lipinski definition) is 1. The van der Waals surface area contributed by atoms with Crippen LogP contribution in [0.25, 0.3) is 11.5 Å². The molecule has 7 nitrogen and oxygen atoms in total. The van der Waals surface area contributed by atoms with Crippen LogP contribution in [0.15, 0.2) is 28.7 Å². The number of aliphatic hydroxyl groups is 1. The van der Waals surface area contributed by atoms with Gasteiger partial charge in [-0.2, -0.15) is 13.2 Å². The molecule has 174 valence electrons. The number of likely N-dealkylation sites (tertiary alicyclic amines) is 1. The van der Waals surface area contributed by atoms with Crippen LogP contribution >= 0.6 is 0 Å². The van der Waals surface area contributed by atoms with Crippen LogP contribution < -0.4 is 4.74 Å². The molecule has 0 spiro atoms. The first kappa shape index (κ1) is 22.6. The quantitative estimate of drug-likeness (QED) is 0.745. The van der Waals surface area contributed by atoms with Gasteiger partial charge in [0.25, 0.3) is 5.91 Å². The van der Waals surface area contributed by atoms with Gasteiger partial charge in [-0.25, -0.2) is 0 Å². The van der Waals surface area contributed by atoms with Crippen LogP contribution in [0.3, 0.4) is 0 Å². The number of ether oxygens (including phenoxy) is 1. The number of hydrogen-bond acceptors (Lipinski definition) is 6. The van der Waals surface area contributed by atoms with Crippen molar-refractivity contribution in [3.05, 3.63) is 30.2 Å². The molecule has 1 aliphatic carbocycles. The molecule has 1 N–H and O–H groups in total. The number of methoxy groups -OCH3 is 1. The Morgan fingerprint density at radius 2 is 1.91 bits per heavy atom. The number of halogens is 3. The average molecular weight is 453 g/mol. The van der Waals surface area contributed by atoms with Crippen molar-refractivity contribution >= 4 is 5.91 Å². The van der Waals surface area contributed by atoms with Gasteiger partial charge >= 0.3 is 6.18 Å². The predicted molar refractivity (Wildman–Crippen MR) is 108 cm³/mol. The number of benzene rings is 1. The second kappa shape index (κ2) is 7.75. The van der Waals surface area contributed by atoms with Crippen LogP contribution in [0, 0.1) is 11.8 Å². The normalized spacial score (nSPS) is 24.7. The van der Waals surface area contributed by atoms with Crippen molar-refractivity contribution in [2.45, 2.75) is 50.3 Å². The molecule has 2 unspecified atom stereocenters. The van der Waals surface area contributed by atoms with Crippen LogP contribution in [0.1, 0.15) is 39.0 Å². The number of piperidine rings is 1. The first-order valence-corrected chi connectivity index (χ1v) is 10.6. The molecule has 2 aromatic rings. The highest BCUT2D eigenvalue weighted by Crippen LogP contribution is 2.58. The van der Waals surface area contributed by atoms with Gasteiger partial charge in [-0.05, 0) is 62.3 Å². The lowest BCUT2D eigenvalue weighted by molar-refractivity contribution is -0.251. The standard InChI is InChI=1S/C22H26F3N3O4/c1-13-12-28(19(29)20(2,30)22(23,24)25)11-8-16(13)21(9-10-21)18-27-26-17(32-18)14-4-6-15(31-3)7-5-14/h4-7,13,16,30H,8-12H2,1-3H3/t13-,16?,20?/m1/s1. The zero-order valence-corrected chi connectivity index (χ0v) is 18.1. The maximum Gasteiger partial charge on any atom is 0.426 e. The topological polar surface area (TPSA) is 88.7 Å². The Kier molecular flexibility index (Phi) is 5.47. The van der Waals surface area contributed by atoms with Crippen LogP contribution in [-0.2, 0) is 10.2 Å². The van der Waals surface area contributed by atoms with Gasteiger partial charge in [-0.15, -0.1) is 10.2 Å². The number of carbonyl (C=O) groups is 1. The summed E-state index contributed by atoms with van der Waals surface area (Å²) in [6, 6.07) is 7.26.